The van der Waals surface area contributed by atoms with E-state index in [-0.39, 0.29) is 5.41 Å². The zero-order valence-corrected chi connectivity index (χ0v) is 14.4. The summed E-state index contributed by atoms with van der Waals surface area (Å²) >= 11 is 0. The fourth-order valence-corrected chi connectivity index (χ4v) is 3.81. The molecule has 0 N–H and O–H groups in total. The second kappa shape index (κ2) is 4.67. The van der Waals surface area contributed by atoms with E-state index >= 15 is 0 Å². The van der Waals surface area contributed by atoms with Gasteiger partial charge in [0.25, 0.3) is 0 Å². The molecule has 9 heteroatoms. The van der Waals surface area contributed by atoms with Crippen molar-refractivity contribution < 1.29 is 0 Å². The number of aromatic nitrogens is 8. The molecule has 0 radical (unpaired) electrons. The average Bonchev–Trinajstić information content (AvgIpc) is 3.14. The molecule has 1 saturated carbocycles. The van der Waals surface area contributed by atoms with E-state index in [2.05, 4.69) is 38.6 Å². The summed E-state index contributed by atoms with van der Waals surface area (Å²) in [5.74, 6) is 0.575. The Kier molecular flexibility index (Phi) is 2.49. The molecular formula is C18H13N9. The third-order valence-electron chi connectivity index (χ3n) is 5.46. The van der Waals surface area contributed by atoms with Gasteiger partial charge in [-0.05, 0) is 25.0 Å². The van der Waals surface area contributed by atoms with E-state index in [1.807, 2.05) is 33.1 Å². The third kappa shape index (κ3) is 1.74. The van der Waals surface area contributed by atoms with Crippen LogP contribution in [-0.4, -0.2) is 39.0 Å². The van der Waals surface area contributed by atoms with Crippen molar-refractivity contribution in [1.82, 2.24) is 39.0 Å². The monoisotopic (exact) mass is 355 g/mol. The number of imidazole rings is 1. The highest BCUT2D eigenvalue weighted by Gasteiger charge is 2.46. The molecule has 1 aliphatic rings. The van der Waals surface area contributed by atoms with Crippen LogP contribution in [0.3, 0.4) is 0 Å². The molecule has 0 unspecified atom stereocenters. The van der Waals surface area contributed by atoms with Gasteiger partial charge in [-0.15, -0.1) is 20.0 Å². The quantitative estimate of drug-likeness (QED) is 0.481. The maximum atomic E-state index is 9.47. The summed E-state index contributed by atoms with van der Waals surface area (Å²) in [6, 6.07) is 8.00. The Morgan fingerprint density at radius 3 is 2.81 bits per heavy atom. The van der Waals surface area contributed by atoms with Crippen LogP contribution in [0.2, 0.25) is 0 Å². The summed E-state index contributed by atoms with van der Waals surface area (Å²) in [4.78, 5) is 4.31. The van der Waals surface area contributed by atoms with Gasteiger partial charge < -0.3 is 0 Å². The van der Waals surface area contributed by atoms with E-state index in [0.717, 1.165) is 40.7 Å². The van der Waals surface area contributed by atoms with Crippen LogP contribution in [0.1, 0.15) is 25.5 Å². The largest absolute Gasteiger partial charge is 0.284 e. The van der Waals surface area contributed by atoms with Gasteiger partial charge in [-0.25, -0.2) is 4.98 Å². The number of fused-ring (bicyclic) bond motifs is 6. The van der Waals surface area contributed by atoms with Crippen molar-refractivity contribution in [2.75, 3.05) is 0 Å². The standard InChI is InChI=1S/C18H13N9/c1-18(6-7-18)15-14(21-24-26(15)9-19)17-23-22-16-11-4-2-3-5-12(11)25-10-20-8-13(25)27(16)17/h2-5,8,10H,6-7H2,1H3. The van der Waals surface area contributed by atoms with Gasteiger partial charge in [-0.2, -0.15) is 5.26 Å². The molecule has 0 atom stereocenters. The number of para-hydroxylation sites is 1. The first-order chi connectivity index (χ1) is 13.2. The number of hydrogen-bond donors (Lipinski definition) is 0. The lowest BCUT2D eigenvalue weighted by Gasteiger charge is -2.10. The minimum Gasteiger partial charge on any atom is -0.284 e. The van der Waals surface area contributed by atoms with Gasteiger partial charge in [0, 0.05) is 10.8 Å². The second-order valence-electron chi connectivity index (χ2n) is 7.18. The van der Waals surface area contributed by atoms with Gasteiger partial charge in [0.1, 0.15) is 12.0 Å². The number of nitriles is 1. The molecule has 0 amide bonds. The van der Waals surface area contributed by atoms with E-state index in [9.17, 15) is 5.26 Å². The Labute approximate surface area is 152 Å². The highest BCUT2D eigenvalue weighted by molar-refractivity contribution is 5.94. The fraction of sp³-hybridized carbons (Fsp3) is 0.222. The molecular weight excluding hydrogens is 342 g/mol. The summed E-state index contributed by atoms with van der Waals surface area (Å²) < 4.78 is 5.25. The second-order valence-corrected chi connectivity index (χ2v) is 7.18. The van der Waals surface area contributed by atoms with Crippen LogP contribution in [0.5, 0.6) is 0 Å². The fourth-order valence-electron chi connectivity index (χ4n) is 3.81. The molecule has 1 aromatic carbocycles. The van der Waals surface area contributed by atoms with Crippen molar-refractivity contribution >= 4 is 22.2 Å². The Hall–Kier alpha value is -3.80. The Morgan fingerprint density at radius 1 is 1.15 bits per heavy atom. The molecule has 0 spiro atoms. The first kappa shape index (κ1) is 14.4. The Morgan fingerprint density at radius 2 is 2.00 bits per heavy atom. The van der Waals surface area contributed by atoms with Crippen LogP contribution in [0.4, 0.5) is 0 Å². The van der Waals surface area contributed by atoms with Crippen LogP contribution in [0.25, 0.3) is 33.7 Å². The SMILES string of the molecule is CC1(c2c(-c3nnc4c5ccccc5n5cncc5n34)nnn2C#N)CC1. The van der Waals surface area contributed by atoms with E-state index in [0.29, 0.717) is 11.5 Å². The van der Waals surface area contributed by atoms with Crippen molar-refractivity contribution in [2.45, 2.75) is 25.2 Å². The smallest absolute Gasteiger partial charge is 0.208 e. The number of benzene rings is 1. The average molecular weight is 355 g/mol. The summed E-state index contributed by atoms with van der Waals surface area (Å²) in [7, 11) is 0. The molecule has 0 saturated heterocycles. The molecule has 5 aromatic rings. The Bertz CT molecular complexity index is 1410. The molecule has 1 fully saturated rings. The van der Waals surface area contributed by atoms with Gasteiger partial charge in [0.2, 0.25) is 6.19 Å². The van der Waals surface area contributed by atoms with Crippen molar-refractivity contribution in [2.24, 2.45) is 0 Å². The number of rotatable bonds is 2. The lowest BCUT2D eigenvalue weighted by molar-refractivity contribution is 0.683. The predicted molar refractivity (Wildman–Crippen MR) is 95.9 cm³/mol. The molecule has 1 aliphatic carbocycles. The minimum absolute atomic E-state index is 0.103. The maximum absolute atomic E-state index is 9.47. The molecule has 9 nitrogen and oxygen atoms in total. The van der Waals surface area contributed by atoms with Gasteiger partial charge in [0.05, 0.1) is 17.4 Å². The Balaban J connectivity index is 1.77. The lowest BCUT2D eigenvalue weighted by atomic mass is 10.0. The van der Waals surface area contributed by atoms with Gasteiger partial charge in [-0.3, -0.25) is 8.80 Å². The van der Waals surface area contributed by atoms with Crippen LogP contribution in [0.15, 0.2) is 36.8 Å². The van der Waals surface area contributed by atoms with E-state index in [4.69, 9.17) is 0 Å². The summed E-state index contributed by atoms with van der Waals surface area (Å²) in [6.45, 7) is 2.12. The summed E-state index contributed by atoms with van der Waals surface area (Å²) in [5, 5.41) is 27.6. The first-order valence-electron chi connectivity index (χ1n) is 8.66. The van der Waals surface area contributed by atoms with E-state index in [1.54, 1.807) is 12.5 Å². The number of nitrogens with zero attached hydrogens (tertiary/aromatic N) is 9. The van der Waals surface area contributed by atoms with Crippen LogP contribution in [-0.2, 0) is 5.41 Å². The maximum Gasteiger partial charge on any atom is 0.208 e. The van der Waals surface area contributed by atoms with Crippen molar-refractivity contribution in [3.63, 3.8) is 0 Å². The summed E-state index contributed by atoms with van der Waals surface area (Å²) in [6.07, 6.45) is 7.65. The van der Waals surface area contributed by atoms with Crippen LogP contribution in [0, 0.1) is 11.5 Å². The first-order valence-corrected chi connectivity index (χ1v) is 8.66. The normalized spacial score (nSPS) is 15.6. The lowest BCUT2D eigenvalue weighted by Crippen LogP contribution is -2.10. The van der Waals surface area contributed by atoms with Crippen LogP contribution >= 0.6 is 0 Å². The highest BCUT2D eigenvalue weighted by Crippen LogP contribution is 2.50. The molecule has 4 heterocycles. The zero-order chi connectivity index (χ0) is 18.2. The van der Waals surface area contributed by atoms with Gasteiger partial charge in [-0.1, -0.05) is 24.3 Å². The third-order valence-corrected chi connectivity index (χ3v) is 5.46. The van der Waals surface area contributed by atoms with Gasteiger partial charge in [0.15, 0.2) is 17.2 Å². The molecule has 27 heavy (non-hydrogen) atoms. The predicted octanol–water partition coefficient (Wildman–Crippen LogP) is 2.17. The zero-order valence-electron chi connectivity index (χ0n) is 14.4. The van der Waals surface area contributed by atoms with Crippen molar-refractivity contribution in [3.8, 4) is 17.7 Å². The molecule has 0 aliphatic heterocycles. The van der Waals surface area contributed by atoms with Crippen molar-refractivity contribution in [1.29, 1.82) is 5.26 Å². The van der Waals surface area contributed by atoms with Crippen molar-refractivity contribution in [3.05, 3.63) is 42.5 Å². The minimum atomic E-state index is -0.103. The molecule has 0 bridgehead atoms. The topological polar surface area (TPSA) is 102 Å². The van der Waals surface area contributed by atoms with E-state index in [1.165, 1.54) is 4.68 Å². The highest BCUT2D eigenvalue weighted by atomic mass is 15.4. The molecule has 4 aromatic heterocycles. The van der Waals surface area contributed by atoms with E-state index < -0.39 is 0 Å². The summed E-state index contributed by atoms with van der Waals surface area (Å²) in [5.41, 5.74) is 3.86. The molecule has 6 rings (SSSR count). The van der Waals surface area contributed by atoms with Crippen LogP contribution < -0.4 is 0 Å². The molecule has 130 valence electrons. The number of hydrogen-bond acceptors (Lipinski definition) is 6. The van der Waals surface area contributed by atoms with Gasteiger partial charge >= 0.3 is 0 Å².